The first-order valence-electron chi connectivity index (χ1n) is 7.43. The number of anilines is 1. The maximum atomic E-state index is 9.63. The third-order valence-corrected chi connectivity index (χ3v) is 4.04. The molecule has 9 nitrogen and oxygen atoms in total. The molecule has 9 heteroatoms. The van der Waals surface area contributed by atoms with Crippen molar-refractivity contribution in [2.24, 2.45) is 0 Å². The Balaban J connectivity index is 1.95. The van der Waals surface area contributed by atoms with Crippen molar-refractivity contribution in [2.45, 2.75) is 12.6 Å². The fraction of sp³-hybridized carbons (Fsp3) is 0.615. The molecule has 1 atom stereocenters. The molecule has 1 saturated heterocycles. The number of fused-ring (bicyclic) bond motifs is 1. The van der Waals surface area contributed by atoms with Gasteiger partial charge in [0.15, 0.2) is 11.1 Å². The fourth-order valence-corrected chi connectivity index (χ4v) is 2.64. The molecule has 0 amide bonds. The molecule has 0 spiro atoms. The second-order valence-electron chi connectivity index (χ2n) is 5.79. The highest BCUT2D eigenvalue weighted by Gasteiger charge is 2.21. The predicted octanol–water partition coefficient (Wildman–Crippen LogP) is -3.07. The number of hydrogen-bond donors (Lipinski definition) is 5. The maximum absolute atomic E-state index is 9.63. The Morgan fingerprint density at radius 2 is 2.18 bits per heavy atom. The van der Waals surface area contributed by atoms with Crippen LogP contribution < -0.4 is 15.3 Å². The minimum absolute atomic E-state index is 0.128. The lowest BCUT2D eigenvalue weighted by Crippen LogP contribution is -3.12. The number of H-pyrrole nitrogens is 1. The lowest BCUT2D eigenvalue weighted by molar-refractivity contribution is -0.880. The number of piperazine rings is 1. The minimum atomic E-state index is -0.876. The number of rotatable bonds is 4. The Bertz CT molecular complexity index is 702. The molecule has 0 bridgehead atoms. The molecule has 0 unspecified atom stereocenters. The van der Waals surface area contributed by atoms with Crippen molar-refractivity contribution in [3.63, 3.8) is 0 Å². The van der Waals surface area contributed by atoms with Gasteiger partial charge in [0.25, 0.3) is 0 Å². The largest absolute Gasteiger partial charge is 0.394 e. The van der Waals surface area contributed by atoms with Gasteiger partial charge in [0.2, 0.25) is 5.95 Å². The zero-order valence-electron chi connectivity index (χ0n) is 12.6. The van der Waals surface area contributed by atoms with Crippen molar-refractivity contribution in [3.05, 3.63) is 11.8 Å². The van der Waals surface area contributed by atoms with E-state index in [0.29, 0.717) is 11.2 Å². The van der Waals surface area contributed by atoms with E-state index in [1.807, 2.05) is 0 Å². The van der Waals surface area contributed by atoms with Crippen molar-refractivity contribution in [1.29, 1.82) is 5.41 Å². The number of aromatic amines is 1. The maximum Gasteiger partial charge on any atom is 0.205 e. The molecule has 120 valence electrons. The Morgan fingerprint density at radius 3 is 2.86 bits per heavy atom. The van der Waals surface area contributed by atoms with Crippen LogP contribution in [0.15, 0.2) is 6.33 Å². The van der Waals surface area contributed by atoms with E-state index < -0.39 is 6.10 Å². The minimum Gasteiger partial charge on any atom is -0.394 e. The lowest BCUT2D eigenvalue weighted by Gasteiger charge is -2.29. The number of quaternary nitrogens is 1. The number of aromatic nitrogens is 4. The van der Waals surface area contributed by atoms with Gasteiger partial charge in [-0.3, -0.25) is 5.41 Å². The summed E-state index contributed by atoms with van der Waals surface area (Å²) in [6.07, 6.45) is 0.599. The zero-order chi connectivity index (χ0) is 15.7. The molecule has 1 fully saturated rings. The molecule has 3 rings (SSSR count). The van der Waals surface area contributed by atoms with Crippen LogP contribution in [0.1, 0.15) is 0 Å². The van der Waals surface area contributed by atoms with Gasteiger partial charge < -0.3 is 29.6 Å². The molecule has 2 aromatic heterocycles. The van der Waals surface area contributed by atoms with Crippen LogP contribution in [-0.4, -0.2) is 75.7 Å². The second-order valence-corrected chi connectivity index (χ2v) is 5.79. The molecule has 0 saturated carbocycles. The first kappa shape index (κ1) is 14.9. The Kier molecular flexibility index (Phi) is 4.10. The molecule has 5 N–H and O–H groups in total. The second kappa shape index (κ2) is 6.03. The van der Waals surface area contributed by atoms with Gasteiger partial charge in [-0.1, -0.05) is 0 Å². The van der Waals surface area contributed by atoms with Crippen LogP contribution in [0.4, 0.5) is 5.95 Å². The van der Waals surface area contributed by atoms with E-state index in [1.165, 1.54) is 11.2 Å². The first-order valence-corrected chi connectivity index (χ1v) is 7.43. The molecule has 22 heavy (non-hydrogen) atoms. The van der Waals surface area contributed by atoms with Crippen molar-refractivity contribution < 1.29 is 15.1 Å². The molecule has 2 aromatic rings. The number of imidazole rings is 1. The van der Waals surface area contributed by atoms with Crippen molar-refractivity contribution in [3.8, 4) is 0 Å². The summed E-state index contributed by atoms with van der Waals surface area (Å²) in [7, 11) is 2.17. The van der Waals surface area contributed by atoms with Crippen LogP contribution in [0, 0.1) is 5.41 Å². The number of likely N-dealkylation sites (N-methyl/N-ethyl adjacent to an activating group) is 1. The summed E-state index contributed by atoms with van der Waals surface area (Å²) in [5.41, 5.74) is 1.26. The summed E-state index contributed by atoms with van der Waals surface area (Å²) in [6, 6.07) is 0. The Labute approximate surface area is 127 Å². The monoisotopic (exact) mass is 308 g/mol. The lowest BCUT2D eigenvalue weighted by atomic mass is 10.3. The number of aliphatic hydroxyl groups is 2. The van der Waals surface area contributed by atoms with Gasteiger partial charge in [0.05, 0.1) is 58.8 Å². The third kappa shape index (κ3) is 2.82. The van der Waals surface area contributed by atoms with E-state index >= 15 is 0 Å². The average molecular weight is 308 g/mol. The summed E-state index contributed by atoms with van der Waals surface area (Å²) in [5.74, 6) is 0.733. The SMILES string of the molecule is C[NH+]1CCN(c2nc3c([nH]2)c(=N)ncn3C[C@H](O)CO)CC1. The summed E-state index contributed by atoms with van der Waals surface area (Å²) in [4.78, 5) is 15.4. The van der Waals surface area contributed by atoms with E-state index in [-0.39, 0.29) is 18.6 Å². The van der Waals surface area contributed by atoms with Crippen LogP contribution >= 0.6 is 0 Å². The van der Waals surface area contributed by atoms with E-state index in [2.05, 4.69) is 26.9 Å². The van der Waals surface area contributed by atoms with Gasteiger partial charge in [-0.05, 0) is 0 Å². The molecule has 0 aliphatic carbocycles. The summed E-state index contributed by atoms with van der Waals surface area (Å²) < 4.78 is 1.66. The number of hydrogen-bond acceptors (Lipinski definition) is 6. The summed E-state index contributed by atoms with van der Waals surface area (Å²) in [5, 5.41) is 26.5. The topological polar surface area (TPSA) is 118 Å². The molecular weight excluding hydrogens is 286 g/mol. The van der Waals surface area contributed by atoms with E-state index in [1.54, 1.807) is 4.57 Å². The number of nitrogens with zero attached hydrogens (tertiary/aromatic N) is 4. The smallest absolute Gasteiger partial charge is 0.205 e. The van der Waals surface area contributed by atoms with Gasteiger partial charge in [0.1, 0.15) is 5.52 Å². The van der Waals surface area contributed by atoms with Crippen LogP contribution in [0.3, 0.4) is 0 Å². The van der Waals surface area contributed by atoms with Gasteiger partial charge in [-0.15, -0.1) is 0 Å². The van der Waals surface area contributed by atoms with E-state index in [0.717, 1.165) is 32.1 Å². The summed E-state index contributed by atoms with van der Waals surface area (Å²) in [6.45, 7) is 3.78. The van der Waals surface area contributed by atoms with Gasteiger partial charge >= 0.3 is 0 Å². The van der Waals surface area contributed by atoms with Gasteiger partial charge in [-0.25, -0.2) is 4.98 Å². The quantitative estimate of drug-likeness (QED) is 0.411. The highest BCUT2D eigenvalue weighted by atomic mass is 16.3. The van der Waals surface area contributed by atoms with Crippen molar-refractivity contribution >= 4 is 17.1 Å². The highest BCUT2D eigenvalue weighted by molar-refractivity contribution is 5.72. The number of aliphatic hydroxyl groups excluding tert-OH is 2. The molecule has 0 aromatic carbocycles. The summed E-state index contributed by atoms with van der Waals surface area (Å²) >= 11 is 0. The Morgan fingerprint density at radius 1 is 1.45 bits per heavy atom. The standard InChI is InChI=1S/C13H21N7O2/c1-18-2-4-19(5-3-18)13-16-10-11(14)15-8-20(12(10)17-13)6-9(22)7-21/h8-9,14,21-22H,2-7H2,1H3,(H,16,17)/p+1/t9-/m0/s1. The van der Waals surface area contributed by atoms with E-state index in [9.17, 15) is 5.11 Å². The molecule has 3 heterocycles. The zero-order valence-corrected chi connectivity index (χ0v) is 12.6. The highest BCUT2D eigenvalue weighted by Crippen LogP contribution is 2.14. The van der Waals surface area contributed by atoms with Gasteiger partial charge in [-0.2, -0.15) is 4.98 Å². The van der Waals surface area contributed by atoms with Crippen LogP contribution in [0.2, 0.25) is 0 Å². The van der Waals surface area contributed by atoms with E-state index in [4.69, 9.17) is 10.5 Å². The van der Waals surface area contributed by atoms with Crippen LogP contribution in [-0.2, 0) is 6.54 Å². The van der Waals surface area contributed by atoms with Crippen molar-refractivity contribution in [1.82, 2.24) is 19.5 Å². The van der Waals surface area contributed by atoms with Crippen molar-refractivity contribution in [2.75, 3.05) is 44.7 Å². The number of nitrogens with one attached hydrogen (secondary N) is 3. The van der Waals surface area contributed by atoms with Gasteiger partial charge in [0, 0.05) is 0 Å². The Hall–Kier alpha value is -1.97. The third-order valence-electron chi connectivity index (χ3n) is 4.04. The normalized spacial score (nSPS) is 18.0. The van der Waals surface area contributed by atoms with Crippen LogP contribution in [0.25, 0.3) is 11.2 Å². The molecule has 1 aliphatic heterocycles. The fourth-order valence-electron chi connectivity index (χ4n) is 2.64. The molecule has 0 radical (unpaired) electrons. The molecular formula is C13H22N7O2+. The van der Waals surface area contributed by atoms with Crippen LogP contribution in [0.5, 0.6) is 0 Å². The first-order chi connectivity index (χ1) is 10.6. The molecule has 1 aliphatic rings. The average Bonchev–Trinajstić information content (AvgIpc) is 2.97. The predicted molar refractivity (Wildman–Crippen MR) is 79.7 cm³/mol.